The molecular weight excluding hydrogens is 452 g/mol. The number of ether oxygens (including phenoxy) is 2. The lowest BCUT2D eigenvalue weighted by Crippen LogP contribution is -2.44. The van der Waals surface area contributed by atoms with E-state index in [1.807, 2.05) is 55.5 Å². The molecule has 36 heavy (non-hydrogen) atoms. The Bertz CT molecular complexity index is 1450. The molecule has 1 aliphatic rings. The van der Waals surface area contributed by atoms with Gasteiger partial charge in [0.1, 0.15) is 12.0 Å². The van der Waals surface area contributed by atoms with Gasteiger partial charge in [-0.15, -0.1) is 0 Å². The van der Waals surface area contributed by atoms with Gasteiger partial charge in [0.05, 0.1) is 36.2 Å². The van der Waals surface area contributed by atoms with Crippen LogP contribution in [-0.2, 0) is 4.74 Å². The zero-order valence-corrected chi connectivity index (χ0v) is 20.0. The average molecular weight is 479 g/mol. The quantitative estimate of drug-likeness (QED) is 0.406. The van der Waals surface area contributed by atoms with Crippen molar-refractivity contribution >= 4 is 0 Å². The van der Waals surface area contributed by atoms with Crippen LogP contribution in [0.3, 0.4) is 0 Å². The summed E-state index contributed by atoms with van der Waals surface area (Å²) < 4.78 is 13.3. The van der Waals surface area contributed by atoms with Gasteiger partial charge in [-0.3, -0.25) is 19.2 Å². The molecule has 1 unspecified atom stereocenters. The summed E-state index contributed by atoms with van der Waals surface area (Å²) in [5.41, 5.74) is 3.40. The van der Waals surface area contributed by atoms with Crippen molar-refractivity contribution in [1.82, 2.24) is 14.5 Å². The minimum atomic E-state index is -0.226. The van der Waals surface area contributed by atoms with E-state index in [9.17, 15) is 10.1 Å². The summed E-state index contributed by atoms with van der Waals surface area (Å²) in [7, 11) is 0. The molecule has 0 saturated carbocycles. The van der Waals surface area contributed by atoms with E-state index in [4.69, 9.17) is 9.47 Å². The molecule has 7 heteroatoms. The summed E-state index contributed by atoms with van der Waals surface area (Å²) in [6.07, 6.45) is 3.38. The van der Waals surface area contributed by atoms with Crippen molar-refractivity contribution < 1.29 is 9.47 Å². The van der Waals surface area contributed by atoms with Crippen LogP contribution < -0.4 is 10.3 Å². The Labute approximate surface area is 209 Å². The molecule has 0 spiro atoms. The summed E-state index contributed by atoms with van der Waals surface area (Å²) in [4.78, 5) is 20.5. The fourth-order valence-electron chi connectivity index (χ4n) is 4.38. The Morgan fingerprint density at radius 1 is 1.00 bits per heavy atom. The van der Waals surface area contributed by atoms with Crippen molar-refractivity contribution in [2.24, 2.45) is 0 Å². The first-order valence-corrected chi connectivity index (χ1v) is 11.9. The van der Waals surface area contributed by atoms with Crippen molar-refractivity contribution in [3.63, 3.8) is 0 Å². The highest BCUT2D eigenvalue weighted by atomic mass is 16.5. The molecule has 5 rings (SSSR count). The SMILES string of the molecule is CC(Oc1cccc(-n2cc(-c3ccccn3)cc(-c3ccccc3C#N)c2=O)c1)N1CCOCC1. The Balaban J connectivity index is 1.59. The molecular formula is C29H26N4O3. The van der Waals surface area contributed by atoms with E-state index in [-0.39, 0.29) is 11.8 Å². The third-order valence-electron chi connectivity index (χ3n) is 6.28. The predicted octanol–water partition coefficient (Wildman–Crippen LogP) is 4.50. The van der Waals surface area contributed by atoms with Crippen LogP contribution >= 0.6 is 0 Å². The molecule has 1 saturated heterocycles. The number of hydrogen-bond acceptors (Lipinski definition) is 6. The van der Waals surface area contributed by atoms with Gasteiger partial charge in [0, 0.05) is 48.2 Å². The van der Waals surface area contributed by atoms with E-state index in [2.05, 4.69) is 16.0 Å². The standard InChI is InChI=1S/C29H26N4O3/c1-21(32-13-15-35-16-14-32)36-25-9-6-8-24(18-25)33-20-23(28-11-4-5-12-31-28)17-27(29(33)34)26-10-3-2-7-22(26)19-30/h2-12,17-18,20-21H,13-16H2,1H3. The summed E-state index contributed by atoms with van der Waals surface area (Å²) >= 11 is 0. The molecule has 4 aromatic rings. The lowest BCUT2D eigenvalue weighted by atomic mass is 9.99. The second-order valence-corrected chi connectivity index (χ2v) is 8.55. The molecule has 7 nitrogen and oxygen atoms in total. The largest absolute Gasteiger partial charge is 0.475 e. The number of nitrogens with zero attached hydrogens (tertiary/aromatic N) is 4. The van der Waals surface area contributed by atoms with Crippen molar-refractivity contribution in [3.8, 4) is 39.9 Å². The van der Waals surface area contributed by atoms with Crippen LogP contribution in [0.2, 0.25) is 0 Å². The molecule has 1 aliphatic heterocycles. The van der Waals surface area contributed by atoms with Crippen molar-refractivity contribution in [1.29, 1.82) is 5.26 Å². The maximum Gasteiger partial charge on any atom is 0.263 e. The first kappa shape index (κ1) is 23.5. The monoisotopic (exact) mass is 478 g/mol. The third-order valence-corrected chi connectivity index (χ3v) is 6.28. The van der Waals surface area contributed by atoms with E-state index in [0.717, 1.165) is 24.3 Å². The van der Waals surface area contributed by atoms with Crippen LogP contribution in [0.15, 0.2) is 90.0 Å². The lowest BCUT2D eigenvalue weighted by molar-refractivity contribution is -0.0373. The van der Waals surface area contributed by atoms with Crippen molar-refractivity contribution in [2.45, 2.75) is 13.2 Å². The molecule has 0 N–H and O–H groups in total. The van der Waals surface area contributed by atoms with Gasteiger partial charge >= 0.3 is 0 Å². The van der Waals surface area contributed by atoms with Crippen LogP contribution in [0.1, 0.15) is 12.5 Å². The molecule has 1 fully saturated rings. The van der Waals surface area contributed by atoms with E-state index in [1.165, 1.54) is 0 Å². The van der Waals surface area contributed by atoms with Gasteiger partial charge < -0.3 is 9.47 Å². The minimum absolute atomic E-state index is 0.126. The van der Waals surface area contributed by atoms with Crippen molar-refractivity contribution in [2.75, 3.05) is 26.3 Å². The second kappa shape index (κ2) is 10.6. The number of pyridine rings is 2. The van der Waals surface area contributed by atoms with E-state index >= 15 is 0 Å². The normalized spacial score (nSPS) is 14.7. The molecule has 0 aliphatic carbocycles. The molecule has 1 atom stereocenters. The highest BCUT2D eigenvalue weighted by Gasteiger charge is 2.19. The first-order valence-electron chi connectivity index (χ1n) is 11.9. The van der Waals surface area contributed by atoms with Gasteiger partial charge in [-0.05, 0) is 43.3 Å². The molecule has 3 heterocycles. The van der Waals surface area contributed by atoms with Crippen molar-refractivity contribution in [3.05, 3.63) is 101 Å². The smallest absolute Gasteiger partial charge is 0.263 e. The zero-order chi connectivity index (χ0) is 24.9. The highest BCUT2D eigenvalue weighted by Crippen LogP contribution is 2.27. The van der Waals surface area contributed by atoms with Crippen LogP contribution in [0.4, 0.5) is 0 Å². The summed E-state index contributed by atoms with van der Waals surface area (Å²) in [5, 5.41) is 9.67. The van der Waals surface area contributed by atoms with E-state index in [1.54, 1.807) is 41.2 Å². The van der Waals surface area contributed by atoms with Gasteiger partial charge in [-0.1, -0.05) is 30.3 Å². The molecule has 0 radical (unpaired) electrons. The van der Waals surface area contributed by atoms with Crippen LogP contribution in [-0.4, -0.2) is 47.0 Å². The summed E-state index contributed by atoms with van der Waals surface area (Å²) in [6.45, 7) is 5.03. The second-order valence-electron chi connectivity index (χ2n) is 8.55. The Morgan fingerprint density at radius 3 is 2.58 bits per heavy atom. The average Bonchev–Trinajstić information content (AvgIpc) is 2.94. The lowest BCUT2D eigenvalue weighted by Gasteiger charge is -2.32. The number of aromatic nitrogens is 2. The molecule has 0 amide bonds. The minimum Gasteiger partial charge on any atom is -0.475 e. The molecule has 0 bridgehead atoms. The highest BCUT2D eigenvalue weighted by molar-refractivity contribution is 5.75. The van der Waals surface area contributed by atoms with Crippen LogP contribution in [0, 0.1) is 11.3 Å². The number of morpholine rings is 1. The van der Waals surface area contributed by atoms with Crippen LogP contribution in [0.25, 0.3) is 28.1 Å². The maximum absolute atomic E-state index is 13.8. The fourth-order valence-corrected chi connectivity index (χ4v) is 4.38. The predicted molar refractivity (Wildman–Crippen MR) is 138 cm³/mol. The first-order chi connectivity index (χ1) is 17.6. The Hall–Kier alpha value is -4.25. The van der Waals surface area contributed by atoms with Gasteiger partial charge in [0.25, 0.3) is 5.56 Å². The van der Waals surface area contributed by atoms with E-state index in [0.29, 0.717) is 41.3 Å². The Morgan fingerprint density at radius 2 is 1.81 bits per heavy atom. The maximum atomic E-state index is 13.8. The molecule has 2 aromatic carbocycles. The Kier molecular flexibility index (Phi) is 6.89. The zero-order valence-electron chi connectivity index (χ0n) is 20.0. The summed E-state index contributed by atoms with van der Waals surface area (Å²) in [6, 6.07) is 24.3. The van der Waals surface area contributed by atoms with Crippen LogP contribution in [0.5, 0.6) is 5.75 Å². The number of hydrogen-bond donors (Lipinski definition) is 0. The molecule has 2 aromatic heterocycles. The van der Waals surface area contributed by atoms with E-state index < -0.39 is 0 Å². The van der Waals surface area contributed by atoms with Gasteiger partial charge in [-0.25, -0.2) is 0 Å². The fraction of sp³-hybridized carbons (Fsp3) is 0.207. The van der Waals surface area contributed by atoms with Gasteiger partial charge in [0.15, 0.2) is 0 Å². The summed E-state index contributed by atoms with van der Waals surface area (Å²) in [5.74, 6) is 0.667. The number of nitriles is 1. The number of benzene rings is 2. The topological polar surface area (TPSA) is 80.4 Å². The van der Waals surface area contributed by atoms with Gasteiger partial charge in [-0.2, -0.15) is 5.26 Å². The van der Waals surface area contributed by atoms with Gasteiger partial charge in [0.2, 0.25) is 0 Å². The molecule has 180 valence electrons. The number of rotatable bonds is 6. The third kappa shape index (κ3) is 4.91.